The maximum Gasteiger partial charge on any atom is 0.251 e. The highest BCUT2D eigenvalue weighted by atomic mass is 79.9. The lowest BCUT2D eigenvalue weighted by atomic mass is 10.2. The maximum atomic E-state index is 12.0. The highest BCUT2D eigenvalue weighted by Crippen LogP contribution is 2.26. The van der Waals surface area contributed by atoms with Crippen molar-refractivity contribution in [3.63, 3.8) is 0 Å². The Morgan fingerprint density at radius 1 is 1.04 bits per heavy atom. The Morgan fingerprint density at radius 2 is 1.79 bits per heavy atom. The molecule has 24 heavy (non-hydrogen) atoms. The third-order valence-corrected chi connectivity index (χ3v) is 3.76. The first kappa shape index (κ1) is 18.3. The van der Waals surface area contributed by atoms with E-state index >= 15 is 0 Å². The van der Waals surface area contributed by atoms with Crippen molar-refractivity contribution in [2.45, 2.75) is 0 Å². The summed E-state index contributed by atoms with van der Waals surface area (Å²) in [5.74, 6) is 1.33. The van der Waals surface area contributed by atoms with Crippen LogP contribution < -0.4 is 14.8 Å². The summed E-state index contributed by atoms with van der Waals surface area (Å²) in [5, 5.41) is 2.77. The van der Waals surface area contributed by atoms with Gasteiger partial charge in [0.15, 0.2) is 0 Å². The molecule has 0 aliphatic carbocycles. The lowest BCUT2D eigenvalue weighted by molar-refractivity contribution is 0.0937. The summed E-state index contributed by atoms with van der Waals surface area (Å²) in [5.41, 5.74) is 0.561. The molecule has 0 radical (unpaired) electrons. The van der Waals surface area contributed by atoms with Crippen molar-refractivity contribution in [2.24, 2.45) is 0 Å². The molecule has 0 atom stereocenters. The monoisotopic (exact) mass is 393 g/mol. The second kappa shape index (κ2) is 9.95. The van der Waals surface area contributed by atoms with E-state index in [4.69, 9.17) is 14.2 Å². The molecule has 128 valence electrons. The molecule has 0 saturated carbocycles. The Kier molecular flexibility index (Phi) is 7.58. The fourth-order valence-electron chi connectivity index (χ4n) is 1.96. The van der Waals surface area contributed by atoms with Gasteiger partial charge in [-0.15, -0.1) is 0 Å². The molecule has 1 amide bonds. The number of carbonyl (C=O) groups excluding carboxylic acids is 1. The molecule has 0 heterocycles. The number of nitrogens with one attached hydrogen (secondary N) is 1. The number of halogens is 1. The van der Waals surface area contributed by atoms with Crippen LogP contribution >= 0.6 is 15.9 Å². The normalized spacial score (nSPS) is 10.2. The van der Waals surface area contributed by atoms with Gasteiger partial charge in [0.2, 0.25) is 0 Å². The van der Waals surface area contributed by atoms with E-state index in [9.17, 15) is 4.79 Å². The van der Waals surface area contributed by atoms with Gasteiger partial charge in [0, 0.05) is 19.2 Å². The Morgan fingerprint density at radius 3 is 2.50 bits per heavy atom. The number of amides is 1. The van der Waals surface area contributed by atoms with E-state index in [0.717, 1.165) is 10.2 Å². The van der Waals surface area contributed by atoms with E-state index in [2.05, 4.69) is 21.2 Å². The third-order valence-electron chi connectivity index (χ3n) is 3.14. The van der Waals surface area contributed by atoms with E-state index in [0.29, 0.717) is 37.7 Å². The van der Waals surface area contributed by atoms with Crippen LogP contribution in [0.3, 0.4) is 0 Å². The molecular weight excluding hydrogens is 374 g/mol. The van der Waals surface area contributed by atoms with Gasteiger partial charge in [-0.3, -0.25) is 4.79 Å². The van der Waals surface area contributed by atoms with Gasteiger partial charge in [0.05, 0.1) is 11.1 Å². The number of carbonyl (C=O) groups is 1. The van der Waals surface area contributed by atoms with Crippen LogP contribution in [-0.4, -0.2) is 39.4 Å². The van der Waals surface area contributed by atoms with Crippen LogP contribution in [0, 0.1) is 0 Å². The average molecular weight is 394 g/mol. The molecule has 1 N–H and O–H groups in total. The number of rotatable bonds is 9. The van der Waals surface area contributed by atoms with Crippen LogP contribution in [0.15, 0.2) is 53.0 Å². The first-order chi connectivity index (χ1) is 11.7. The number of hydrogen-bond donors (Lipinski definition) is 1. The molecular formula is C18H20BrNO4. The quantitative estimate of drug-likeness (QED) is 0.664. The molecule has 2 aromatic rings. The van der Waals surface area contributed by atoms with Crippen LogP contribution in [0.2, 0.25) is 0 Å². The van der Waals surface area contributed by atoms with Crippen molar-refractivity contribution in [2.75, 3.05) is 33.5 Å². The van der Waals surface area contributed by atoms with E-state index in [1.165, 1.54) is 0 Å². The largest absolute Gasteiger partial charge is 0.490 e. The fraction of sp³-hybridized carbons (Fsp3) is 0.278. The first-order valence-corrected chi connectivity index (χ1v) is 8.37. The summed E-state index contributed by atoms with van der Waals surface area (Å²) in [6, 6.07) is 14.8. The number of para-hydroxylation sites is 1. The molecule has 0 aliphatic heterocycles. The Hall–Kier alpha value is -2.05. The van der Waals surface area contributed by atoms with Gasteiger partial charge in [-0.1, -0.05) is 18.2 Å². The summed E-state index contributed by atoms with van der Waals surface area (Å²) in [7, 11) is 1.59. The molecule has 2 aromatic carbocycles. The summed E-state index contributed by atoms with van der Waals surface area (Å²) in [4.78, 5) is 12.0. The molecule has 0 fully saturated rings. The van der Waals surface area contributed by atoms with E-state index in [-0.39, 0.29) is 5.91 Å². The summed E-state index contributed by atoms with van der Waals surface area (Å²) < 4.78 is 16.9. The molecule has 0 unspecified atom stereocenters. The van der Waals surface area contributed by atoms with Gasteiger partial charge in [-0.2, -0.15) is 0 Å². The van der Waals surface area contributed by atoms with Gasteiger partial charge in [0.1, 0.15) is 24.7 Å². The Labute approximate surface area is 150 Å². The van der Waals surface area contributed by atoms with Crippen molar-refractivity contribution >= 4 is 21.8 Å². The average Bonchev–Trinajstić information content (AvgIpc) is 2.60. The van der Waals surface area contributed by atoms with Crippen LogP contribution in [0.25, 0.3) is 0 Å². The SMILES string of the molecule is COCCNC(=O)c1ccc(OCCOc2ccccc2)c(Br)c1. The van der Waals surface area contributed by atoms with E-state index in [1.54, 1.807) is 25.3 Å². The second-order valence-corrected chi connectivity index (χ2v) is 5.76. The zero-order chi connectivity index (χ0) is 17.2. The minimum atomic E-state index is -0.147. The third kappa shape index (κ3) is 5.86. The number of methoxy groups -OCH3 is 1. The molecule has 0 saturated heterocycles. The standard InChI is InChI=1S/C18H20BrNO4/c1-22-10-9-20-18(21)14-7-8-17(16(19)13-14)24-12-11-23-15-5-3-2-4-6-15/h2-8,13H,9-12H2,1H3,(H,20,21). The molecule has 0 aliphatic rings. The number of hydrogen-bond acceptors (Lipinski definition) is 4. The summed E-state index contributed by atoms with van der Waals surface area (Å²) in [6.45, 7) is 1.81. The predicted molar refractivity (Wildman–Crippen MR) is 95.8 cm³/mol. The van der Waals surface area contributed by atoms with Crippen molar-refractivity contribution < 1.29 is 19.0 Å². The van der Waals surface area contributed by atoms with Crippen molar-refractivity contribution in [1.29, 1.82) is 0 Å². The van der Waals surface area contributed by atoms with Gasteiger partial charge in [-0.05, 0) is 46.3 Å². The lowest BCUT2D eigenvalue weighted by Gasteiger charge is -2.11. The predicted octanol–water partition coefficient (Wildman–Crippen LogP) is 3.28. The van der Waals surface area contributed by atoms with Crippen LogP contribution in [0.1, 0.15) is 10.4 Å². The molecule has 2 rings (SSSR count). The lowest BCUT2D eigenvalue weighted by Crippen LogP contribution is -2.26. The van der Waals surface area contributed by atoms with Crippen molar-refractivity contribution in [1.82, 2.24) is 5.32 Å². The topological polar surface area (TPSA) is 56.8 Å². The van der Waals surface area contributed by atoms with Gasteiger partial charge < -0.3 is 19.5 Å². The second-order valence-electron chi connectivity index (χ2n) is 4.90. The zero-order valence-corrected chi connectivity index (χ0v) is 15.0. The molecule has 0 spiro atoms. The first-order valence-electron chi connectivity index (χ1n) is 7.58. The summed E-state index contributed by atoms with van der Waals surface area (Å²) >= 11 is 3.42. The van der Waals surface area contributed by atoms with E-state index < -0.39 is 0 Å². The molecule has 5 nitrogen and oxygen atoms in total. The van der Waals surface area contributed by atoms with Gasteiger partial charge in [0.25, 0.3) is 5.91 Å². The van der Waals surface area contributed by atoms with Gasteiger partial charge >= 0.3 is 0 Å². The molecule has 6 heteroatoms. The van der Waals surface area contributed by atoms with Gasteiger partial charge in [-0.25, -0.2) is 0 Å². The highest BCUT2D eigenvalue weighted by Gasteiger charge is 2.09. The smallest absolute Gasteiger partial charge is 0.251 e. The minimum absolute atomic E-state index is 0.147. The van der Waals surface area contributed by atoms with E-state index in [1.807, 2.05) is 30.3 Å². The molecule has 0 aromatic heterocycles. The number of ether oxygens (including phenoxy) is 3. The number of benzene rings is 2. The molecule has 0 bridgehead atoms. The minimum Gasteiger partial charge on any atom is -0.490 e. The van der Waals surface area contributed by atoms with Crippen LogP contribution in [0.4, 0.5) is 0 Å². The Bertz CT molecular complexity index is 649. The zero-order valence-electron chi connectivity index (χ0n) is 13.5. The summed E-state index contributed by atoms with van der Waals surface area (Å²) in [6.07, 6.45) is 0. The fourth-order valence-corrected chi connectivity index (χ4v) is 2.45. The Balaban J connectivity index is 1.80. The van der Waals surface area contributed by atoms with Crippen molar-refractivity contribution in [3.8, 4) is 11.5 Å². The maximum absolute atomic E-state index is 12.0. The van der Waals surface area contributed by atoms with Crippen LogP contribution in [0.5, 0.6) is 11.5 Å². The van der Waals surface area contributed by atoms with Crippen molar-refractivity contribution in [3.05, 3.63) is 58.6 Å². The van der Waals surface area contributed by atoms with Crippen LogP contribution in [-0.2, 0) is 4.74 Å². The highest BCUT2D eigenvalue weighted by molar-refractivity contribution is 9.10.